The fourth-order valence-electron chi connectivity index (χ4n) is 2.08. The molecule has 4 nitrogen and oxygen atoms in total. The molecular weight excluding hydrogens is 357 g/mol. The number of nitrogens with zero attached hydrogens (tertiary/aromatic N) is 2. The number of benzene rings is 2. The molecule has 1 aromatic heterocycles. The fraction of sp³-hybridized carbons (Fsp3) is 0.0588. The Bertz CT molecular complexity index is 899. The topological polar surface area (TPSA) is 55.2 Å². The van der Waals surface area contributed by atoms with Crippen LogP contribution < -0.4 is 4.74 Å². The van der Waals surface area contributed by atoms with Crippen molar-refractivity contribution in [3.63, 3.8) is 0 Å². The highest BCUT2D eigenvalue weighted by atomic mass is 35.5. The second-order valence-electron chi connectivity index (χ2n) is 5.00. The lowest BCUT2D eigenvalue weighted by Gasteiger charge is -2.11. The van der Waals surface area contributed by atoms with E-state index in [1.807, 2.05) is 0 Å². The zero-order valence-electron chi connectivity index (χ0n) is 12.5. The molecule has 2 aromatic carbocycles. The minimum absolute atomic E-state index is 0.0838. The number of hydrogen-bond acceptors (Lipinski definition) is 4. The van der Waals surface area contributed by atoms with E-state index in [2.05, 4.69) is 9.97 Å². The lowest BCUT2D eigenvalue weighted by Crippen LogP contribution is -2.04. The monoisotopic (exact) mass is 366 g/mol. The minimum atomic E-state index is -4.42. The number of rotatable bonds is 3. The second kappa shape index (κ2) is 6.60. The molecule has 0 aliphatic rings. The zero-order chi connectivity index (χ0) is 18.0. The largest absolute Gasteiger partial charge is 0.506 e. The molecule has 0 spiro atoms. The number of hydrogen-bond donors (Lipinski definition) is 1. The smallest absolute Gasteiger partial charge is 0.416 e. The first-order valence-corrected chi connectivity index (χ1v) is 7.37. The van der Waals surface area contributed by atoms with E-state index in [4.69, 9.17) is 16.3 Å². The van der Waals surface area contributed by atoms with Crippen LogP contribution in [0.4, 0.5) is 13.2 Å². The Morgan fingerprint density at radius 2 is 1.64 bits per heavy atom. The molecule has 0 fully saturated rings. The first-order chi connectivity index (χ1) is 11.8. The maximum atomic E-state index is 12.6. The molecule has 8 heteroatoms. The molecule has 3 aromatic rings. The first-order valence-electron chi connectivity index (χ1n) is 6.99. The van der Waals surface area contributed by atoms with Crippen LogP contribution in [0.15, 0.2) is 54.9 Å². The highest BCUT2D eigenvalue weighted by molar-refractivity contribution is 6.32. The van der Waals surface area contributed by atoms with Gasteiger partial charge in [-0.25, -0.2) is 9.97 Å². The van der Waals surface area contributed by atoms with Gasteiger partial charge in [0.15, 0.2) is 0 Å². The van der Waals surface area contributed by atoms with Gasteiger partial charge in [-0.2, -0.15) is 13.2 Å². The Morgan fingerprint density at radius 3 is 2.28 bits per heavy atom. The molecule has 0 aliphatic heterocycles. The molecule has 128 valence electrons. The molecule has 0 amide bonds. The summed E-state index contributed by atoms with van der Waals surface area (Å²) in [7, 11) is 0. The van der Waals surface area contributed by atoms with Gasteiger partial charge in [0.25, 0.3) is 0 Å². The van der Waals surface area contributed by atoms with Gasteiger partial charge in [0.1, 0.15) is 17.2 Å². The summed E-state index contributed by atoms with van der Waals surface area (Å²) in [6, 6.07) is 8.70. The number of phenolic OH excluding ortho intramolecular Hbond substituents is 1. The van der Waals surface area contributed by atoms with Crippen molar-refractivity contribution >= 4 is 11.6 Å². The van der Waals surface area contributed by atoms with Crippen molar-refractivity contribution in [3.05, 3.63) is 65.4 Å². The van der Waals surface area contributed by atoms with E-state index in [0.717, 1.165) is 12.1 Å². The maximum absolute atomic E-state index is 12.6. The number of ether oxygens (including phenoxy) is 1. The maximum Gasteiger partial charge on any atom is 0.416 e. The molecule has 1 N–H and O–H groups in total. The van der Waals surface area contributed by atoms with Gasteiger partial charge in [-0.1, -0.05) is 11.6 Å². The molecule has 0 atom stereocenters. The summed E-state index contributed by atoms with van der Waals surface area (Å²) >= 11 is 5.89. The van der Waals surface area contributed by atoms with Gasteiger partial charge >= 0.3 is 6.18 Å². The van der Waals surface area contributed by atoms with Crippen LogP contribution >= 0.6 is 11.6 Å². The van der Waals surface area contributed by atoms with Crippen LogP contribution in [0.5, 0.6) is 17.4 Å². The average molecular weight is 367 g/mol. The van der Waals surface area contributed by atoms with Gasteiger partial charge < -0.3 is 9.84 Å². The van der Waals surface area contributed by atoms with Gasteiger partial charge in [-0.3, -0.25) is 0 Å². The summed E-state index contributed by atoms with van der Waals surface area (Å²) in [5.74, 6) is 0.197. The van der Waals surface area contributed by atoms with Crippen LogP contribution in [0.2, 0.25) is 5.02 Å². The molecule has 0 aliphatic carbocycles. The summed E-state index contributed by atoms with van der Waals surface area (Å²) in [5, 5.41) is 9.62. The van der Waals surface area contributed by atoms with Crippen LogP contribution in [-0.2, 0) is 6.18 Å². The molecule has 0 unspecified atom stereocenters. The Kier molecular flexibility index (Phi) is 4.50. The van der Waals surface area contributed by atoms with E-state index >= 15 is 0 Å². The number of aromatic hydroxyl groups is 1. The number of halogens is 4. The Balaban J connectivity index is 1.92. The standard InChI is InChI=1S/C17H10ClF3N2O2/c18-13-9-10(1-6-14(13)24)15-16(23-8-7-22-15)25-12-4-2-11(3-5-12)17(19,20)21/h1-9,24H. The van der Waals surface area contributed by atoms with E-state index in [1.165, 1.54) is 36.7 Å². The highest BCUT2D eigenvalue weighted by Gasteiger charge is 2.30. The molecule has 1 heterocycles. The third-order valence-corrected chi connectivity index (χ3v) is 3.58. The van der Waals surface area contributed by atoms with Gasteiger partial charge in [0.05, 0.1) is 10.6 Å². The normalized spacial score (nSPS) is 11.4. The van der Waals surface area contributed by atoms with Gasteiger partial charge in [-0.15, -0.1) is 0 Å². The lowest BCUT2D eigenvalue weighted by atomic mass is 10.1. The third-order valence-electron chi connectivity index (χ3n) is 3.28. The number of phenols is 1. The number of alkyl halides is 3. The lowest BCUT2D eigenvalue weighted by molar-refractivity contribution is -0.137. The molecule has 0 radical (unpaired) electrons. The summed E-state index contributed by atoms with van der Waals surface area (Å²) < 4.78 is 43.4. The quantitative estimate of drug-likeness (QED) is 0.682. The van der Waals surface area contributed by atoms with Crippen LogP contribution in [-0.4, -0.2) is 15.1 Å². The van der Waals surface area contributed by atoms with Crippen molar-refractivity contribution < 1.29 is 23.0 Å². The summed E-state index contributed by atoms with van der Waals surface area (Å²) in [6.07, 6.45) is -1.58. The predicted molar refractivity (Wildman–Crippen MR) is 85.7 cm³/mol. The van der Waals surface area contributed by atoms with Crippen LogP contribution in [0.1, 0.15) is 5.56 Å². The minimum Gasteiger partial charge on any atom is -0.506 e. The number of aromatic nitrogens is 2. The summed E-state index contributed by atoms with van der Waals surface area (Å²) in [4.78, 5) is 8.23. The van der Waals surface area contributed by atoms with Crippen molar-refractivity contribution in [2.75, 3.05) is 0 Å². The Morgan fingerprint density at radius 1 is 0.960 bits per heavy atom. The van der Waals surface area contributed by atoms with Crippen molar-refractivity contribution in [1.29, 1.82) is 0 Å². The van der Waals surface area contributed by atoms with Gasteiger partial charge in [0, 0.05) is 18.0 Å². The van der Waals surface area contributed by atoms with E-state index < -0.39 is 11.7 Å². The van der Waals surface area contributed by atoms with Crippen molar-refractivity contribution in [2.24, 2.45) is 0 Å². The SMILES string of the molecule is Oc1ccc(-c2nccnc2Oc2ccc(C(F)(F)F)cc2)cc1Cl. The molecule has 0 saturated carbocycles. The predicted octanol–water partition coefficient (Wildman–Crippen LogP) is 5.31. The summed E-state index contributed by atoms with van der Waals surface area (Å²) in [5.41, 5.74) is 0.103. The van der Waals surface area contributed by atoms with Crippen molar-refractivity contribution in [1.82, 2.24) is 9.97 Å². The fourth-order valence-corrected chi connectivity index (χ4v) is 2.26. The van der Waals surface area contributed by atoms with Crippen LogP contribution in [0, 0.1) is 0 Å². The molecule has 0 bridgehead atoms. The van der Waals surface area contributed by atoms with E-state index in [9.17, 15) is 18.3 Å². The molecule has 0 saturated heterocycles. The van der Waals surface area contributed by atoms with Crippen LogP contribution in [0.3, 0.4) is 0 Å². The van der Waals surface area contributed by atoms with Crippen LogP contribution in [0.25, 0.3) is 11.3 Å². The molecular formula is C17H10ClF3N2O2. The zero-order valence-corrected chi connectivity index (χ0v) is 13.2. The van der Waals surface area contributed by atoms with E-state index in [0.29, 0.717) is 11.3 Å². The average Bonchev–Trinajstić information content (AvgIpc) is 2.58. The van der Waals surface area contributed by atoms with Gasteiger partial charge in [-0.05, 0) is 42.5 Å². The van der Waals surface area contributed by atoms with E-state index in [1.54, 1.807) is 6.07 Å². The third kappa shape index (κ3) is 3.83. The first kappa shape index (κ1) is 17.0. The van der Waals surface area contributed by atoms with E-state index in [-0.39, 0.29) is 22.4 Å². The molecule has 3 rings (SSSR count). The Labute approximate surface area is 145 Å². The Hall–Kier alpha value is -2.80. The summed E-state index contributed by atoms with van der Waals surface area (Å²) in [6.45, 7) is 0. The highest BCUT2D eigenvalue weighted by Crippen LogP contribution is 2.35. The molecule has 25 heavy (non-hydrogen) atoms. The van der Waals surface area contributed by atoms with Crippen molar-refractivity contribution in [3.8, 4) is 28.6 Å². The van der Waals surface area contributed by atoms with Crippen molar-refractivity contribution in [2.45, 2.75) is 6.18 Å². The second-order valence-corrected chi connectivity index (χ2v) is 5.41. The van der Waals surface area contributed by atoms with Gasteiger partial charge in [0.2, 0.25) is 5.88 Å².